The molecule has 1 aliphatic rings. The zero-order valence-electron chi connectivity index (χ0n) is 12.0. The van der Waals surface area contributed by atoms with Gasteiger partial charge in [-0.15, -0.1) is 0 Å². The molecule has 0 heterocycles. The second-order valence-electron chi connectivity index (χ2n) is 5.12. The highest BCUT2D eigenvalue weighted by molar-refractivity contribution is 5.76. The standard InChI is InChI=1S/C16H24N2O/c1-3-18(4-2)16(19)9-10-17-12-14-11-13-7-5-6-8-15(13)14/h5-8,14,17H,3-4,9-12H2,1-2H3. The van der Waals surface area contributed by atoms with Crippen LogP contribution in [0.5, 0.6) is 0 Å². The quantitative estimate of drug-likeness (QED) is 0.762. The molecular formula is C16H24N2O. The van der Waals surface area contributed by atoms with E-state index in [2.05, 4.69) is 29.6 Å². The van der Waals surface area contributed by atoms with Gasteiger partial charge in [0.2, 0.25) is 5.91 Å². The lowest BCUT2D eigenvalue weighted by Gasteiger charge is -2.30. The van der Waals surface area contributed by atoms with E-state index >= 15 is 0 Å². The van der Waals surface area contributed by atoms with E-state index in [1.807, 2.05) is 18.7 Å². The second-order valence-corrected chi connectivity index (χ2v) is 5.12. The van der Waals surface area contributed by atoms with Crippen molar-refractivity contribution >= 4 is 5.91 Å². The highest BCUT2D eigenvalue weighted by Crippen LogP contribution is 2.33. The fourth-order valence-corrected chi connectivity index (χ4v) is 2.75. The average Bonchev–Trinajstić information content (AvgIpc) is 2.40. The second kappa shape index (κ2) is 6.71. The molecule has 1 aromatic rings. The van der Waals surface area contributed by atoms with Crippen LogP contribution in [0.2, 0.25) is 0 Å². The Labute approximate surface area is 116 Å². The van der Waals surface area contributed by atoms with Crippen molar-refractivity contribution in [3.8, 4) is 0 Å². The molecule has 0 saturated carbocycles. The molecule has 1 atom stereocenters. The number of carbonyl (C=O) groups excluding carboxylic acids is 1. The third-order valence-corrected chi connectivity index (χ3v) is 3.98. The summed E-state index contributed by atoms with van der Waals surface area (Å²) in [7, 11) is 0. The van der Waals surface area contributed by atoms with Crippen LogP contribution in [0.3, 0.4) is 0 Å². The number of hydrogen-bond acceptors (Lipinski definition) is 2. The van der Waals surface area contributed by atoms with Gasteiger partial charge >= 0.3 is 0 Å². The van der Waals surface area contributed by atoms with Gasteiger partial charge < -0.3 is 10.2 Å². The van der Waals surface area contributed by atoms with Crippen molar-refractivity contribution in [2.45, 2.75) is 32.6 Å². The fraction of sp³-hybridized carbons (Fsp3) is 0.562. The van der Waals surface area contributed by atoms with Crippen LogP contribution in [-0.4, -0.2) is 37.0 Å². The third-order valence-electron chi connectivity index (χ3n) is 3.98. The molecule has 0 aliphatic heterocycles. The average molecular weight is 260 g/mol. The highest BCUT2D eigenvalue weighted by Gasteiger charge is 2.24. The van der Waals surface area contributed by atoms with E-state index in [1.165, 1.54) is 17.5 Å². The van der Waals surface area contributed by atoms with Crippen molar-refractivity contribution in [2.24, 2.45) is 0 Å². The maximum absolute atomic E-state index is 11.8. The summed E-state index contributed by atoms with van der Waals surface area (Å²) in [4.78, 5) is 13.7. The van der Waals surface area contributed by atoms with Gasteiger partial charge in [0, 0.05) is 38.5 Å². The van der Waals surface area contributed by atoms with Crippen LogP contribution in [0.1, 0.15) is 37.3 Å². The first-order valence-electron chi connectivity index (χ1n) is 7.32. The smallest absolute Gasteiger partial charge is 0.223 e. The number of nitrogens with zero attached hydrogens (tertiary/aromatic N) is 1. The van der Waals surface area contributed by atoms with Crippen LogP contribution in [-0.2, 0) is 11.2 Å². The Morgan fingerprint density at radius 3 is 2.74 bits per heavy atom. The first-order chi connectivity index (χ1) is 9.26. The molecular weight excluding hydrogens is 236 g/mol. The minimum Gasteiger partial charge on any atom is -0.343 e. The molecule has 1 amide bonds. The van der Waals surface area contributed by atoms with Crippen LogP contribution < -0.4 is 5.32 Å². The van der Waals surface area contributed by atoms with Gasteiger partial charge in [0.05, 0.1) is 0 Å². The van der Waals surface area contributed by atoms with Crippen molar-refractivity contribution in [2.75, 3.05) is 26.2 Å². The zero-order chi connectivity index (χ0) is 13.7. The van der Waals surface area contributed by atoms with Crippen molar-refractivity contribution in [1.29, 1.82) is 0 Å². The molecule has 3 nitrogen and oxygen atoms in total. The number of rotatable bonds is 7. The summed E-state index contributed by atoms with van der Waals surface area (Å²) >= 11 is 0. The number of hydrogen-bond donors (Lipinski definition) is 1. The molecule has 0 bridgehead atoms. The normalized spacial score (nSPS) is 16.6. The predicted octanol–water partition coefficient (Wildman–Crippen LogP) is 2.17. The first kappa shape index (κ1) is 14.1. The lowest BCUT2D eigenvalue weighted by atomic mass is 9.77. The summed E-state index contributed by atoms with van der Waals surface area (Å²) in [6.45, 7) is 7.45. The Hall–Kier alpha value is -1.35. The SMILES string of the molecule is CCN(CC)C(=O)CCNCC1Cc2ccccc21. The Bertz CT molecular complexity index is 427. The lowest BCUT2D eigenvalue weighted by molar-refractivity contribution is -0.130. The molecule has 1 aliphatic carbocycles. The van der Waals surface area contributed by atoms with Gasteiger partial charge in [-0.2, -0.15) is 0 Å². The van der Waals surface area contributed by atoms with Crippen LogP contribution in [0.25, 0.3) is 0 Å². The lowest BCUT2D eigenvalue weighted by Crippen LogP contribution is -2.35. The van der Waals surface area contributed by atoms with Crippen LogP contribution in [0, 0.1) is 0 Å². The number of benzene rings is 1. The van der Waals surface area contributed by atoms with Crippen LogP contribution >= 0.6 is 0 Å². The minimum absolute atomic E-state index is 0.256. The van der Waals surface area contributed by atoms with Crippen LogP contribution in [0.15, 0.2) is 24.3 Å². The Balaban J connectivity index is 1.65. The molecule has 0 aromatic heterocycles. The van der Waals surface area contributed by atoms with Gasteiger partial charge in [0.1, 0.15) is 0 Å². The van der Waals surface area contributed by atoms with Gasteiger partial charge in [0.25, 0.3) is 0 Å². The largest absolute Gasteiger partial charge is 0.343 e. The molecule has 0 spiro atoms. The van der Waals surface area contributed by atoms with Crippen molar-refractivity contribution < 1.29 is 4.79 Å². The zero-order valence-corrected chi connectivity index (χ0v) is 12.0. The maximum atomic E-state index is 11.8. The molecule has 2 rings (SSSR count). The summed E-state index contributed by atoms with van der Waals surface area (Å²) in [6, 6.07) is 8.63. The summed E-state index contributed by atoms with van der Waals surface area (Å²) in [5.41, 5.74) is 2.96. The molecule has 1 N–H and O–H groups in total. The topological polar surface area (TPSA) is 32.3 Å². The van der Waals surface area contributed by atoms with E-state index in [-0.39, 0.29) is 5.91 Å². The van der Waals surface area contributed by atoms with E-state index in [0.29, 0.717) is 12.3 Å². The fourth-order valence-electron chi connectivity index (χ4n) is 2.75. The maximum Gasteiger partial charge on any atom is 0.223 e. The number of nitrogens with one attached hydrogen (secondary N) is 1. The van der Waals surface area contributed by atoms with Crippen molar-refractivity contribution in [1.82, 2.24) is 10.2 Å². The van der Waals surface area contributed by atoms with E-state index in [1.54, 1.807) is 0 Å². The van der Waals surface area contributed by atoms with Crippen LogP contribution in [0.4, 0.5) is 0 Å². The summed E-state index contributed by atoms with van der Waals surface area (Å²) in [6.07, 6.45) is 1.78. The van der Waals surface area contributed by atoms with Gasteiger partial charge in [-0.05, 0) is 31.4 Å². The molecule has 1 aromatic carbocycles. The molecule has 1 unspecified atom stereocenters. The summed E-state index contributed by atoms with van der Waals surface area (Å²) in [5, 5.41) is 3.41. The van der Waals surface area contributed by atoms with E-state index < -0.39 is 0 Å². The first-order valence-corrected chi connectivity index (χ1v) is 7.32. The van der Waals surface area contributed by atoms with E-state index in [9.17, 15) is 4.79 Å². The molecule has 0 radical (unpaired) electrons. The monoisotopic (exact) mass is 260 g/mol. The van der Waals surface area contributed by atoms with E-state index in [4.69, 9.17) is 0 Å². The number of fused-ring (bicyclic) bond motifs is 1. The summed E-state index contributed by atoms with van der Waals surface area (Å²) < 4.78 is 0. The Morgan fingerprint density at radius 1 is 1.32 bits per heavy atom. The van der Waals surface area contributed by atoms with Crippen molar-refractivity contribution in [3.05, 3.63) is 35.4 Å². The van der Waals surface area contributed by atoms with Gasteiger partial charge in [-0.3, -0.25) is 4.79 Å². The minimum atomic E-state index is 0.256. The Kier molecular flexibility index (Phi) is 4.97. The molecule has 0 saturated heterocycles. The number of amides is 1. The molecule has 0 fully saturated rings. The van der Waals surface area contributed by atoms with E-state index in [0.717, 1.165) is 26.2 Å². The van der Waals surface area contributed by atoms with Gasteiger partial charge in [-0.1, -0.05) is 24.3 Å². The molecule has 3 heteroatoms. The van der Waals surface area contributed by atoms with Gasteiger partial charge in [-0.25, -0.2) is 0 Å². The predicted molar refractivity (Wildman–Crippen MR) is 78.3 cm³/mol. The Morgan fingerprint density at radius 2 is 2.05 bits per heavy atom. The molecule has 104 valence electrons. The highest BCUT2D eigenvalue weighted by atomic mass is 16.2. The molecule has 19 heavy (non-hydrogen) atoms. The summed E-state index contributed by atoms with van der Waals surface area (Å²) in [5.74, 6) is 0.895. The number of carbonyl (C=O) groups is 1. The third kappa shape index (κ3) is 3.35. The van der Waals surface area contributed by atoms with Crippen molar-refractivity contribution in [3.63, 3.8) is 0 Å². The van der Waals surface area contributed by atoms with Gasteiger partial charge in [0.15, 0.2) is 0 Å².